The molecular weight excluding hydrogens is 336 g/mol. The molecule has 0 spiro atoms. The van der Waals surface area contributed by atoms with Crippen LogP contribution < -0.4 is 0 Å². The van der Waals surface area contributed by atoms with Gasteiger partial charge in [-0.1, -0.05) is 39.3 Å². The molecule has 0 radical (unpaired) electrons. The summed E-state index contributed by atoms with van der Waals surface area (Å²) in [5, 5.41) is 19.8. The number of allylic oxidation sites excluding steroid dienone is 4. The van der Waals surface area contributed by atoms with Gasteiger partial charge in [0, 0.05) is 6.42 Å². The van der Waals surface area contributed by atoms with Gasteiger partial charge < -0.3 is 10.2 Å². The van der Waals surface area contributed by atoms with Crippen LogP contribution in [-0.4, -0.2) is 22.3 Å². The zero-order chi connectivity index (χ0) is 19.6. The van der Waals surface area contributed by atoms with Gasteiger partial charge in [0.1, 0.15) is 0 Å². The van der Waals surface area contributed by atoms with Gasteiger partial charge in [-0.05, 0) is 90.6 Å². The molecule has 0 aromatic carbocycles. The summed E-state index contributed by atoms with van der Waals surface area (Å²) in [5.41, 5.74) is 5.23. The molecule has 0 bridgehead atoms. The zero-order valence-electron chi connectivity index (χ0n) is 17.5. The lowest BCUT2D eigenvalue weighted by molar-refractivity contribution is -0.137. The van der Waals surface area contributed by atoms with E-state index >= 15 is 0 Å². The summed E-state index contributed by atoms with van der Waals surface area (Å²) >= 11 is 0. The van der Waals surface area contributed by atoms with Gasteiger partial charge in [0.2, 0.25) is 0 Å². The molecule has 4 aliphatic carbocycles. The van der Waals surface area contributed by atoms with E-state index in [2.05, 4.69) is 33.8 Å². The van der Waals surface area contributed by atoms with Crippen LogP contribution in [0.5, 0.6) is 0 Å². The first-order valence-corrected chi connectivity index (χ1v) is 10.9. The molecule has 0 saturated heterocycles. The monoisotopic (exact) mass is 372 g/mol. The minimum atomic E-state index is -0.668. The minimum Gasteiger partial charge on any atom is -0.481 e. The second-order valence-corrected chi connectivity index (χ2v) is 10.7. The fourth-order valence-electron chi connectivity index (χ4n) is 7.50. The molecule has 5 atom stereocenters. The normalized spacial score (nSPS) is 42.9. The van der Waals surface area contributed by atoms with Crippen molar-refractivity contribution < 1.29 is 15.0 Å². The fraction of sp³-hybridized carbons (Fsp3) is 0.792. The molecule has 0 amide bonds. The predicted octanol–water partition coefficient (Wildman–Crippen LogP) is 5.49. The number of aliphatic carboxylic acids is 1. The fourth-order valence-corrected chi connectivity index (χ4v) is 7.50. The van der Waals surface area contributed by atoms with Crippen LogP contribution in [0.1, 0.15) is 85.5 Å². The zero-order valence-corrected chi connectivity index (χ0v) is 17.5. The number of carboxylic acid groups (broad SMARTS) is 1. The molecule has 0 aliphatic heterocycles. The van der Waals surface area contributed by atoms with Crippen molar-refractivity contribution >= 4 is 5.97 Å². The van der Waals surface area contributed by atoms with Crippen molar-refractivity contribution in [2.75, 3.05) is 0 Å². The Morgan fingerprint density at radius 3 is 2.56 bits per heavy atom. The van der Waals surface area contributed by atoms with Crippen LogP contribution in [0.3, 0.4) is 0 Å². The minimum absolute atomic E-state index is 0.0135. The van der Waals surface area contributed by atoms with Crippen molar-refractivity contribution in [2.24, 2.45) is 28.1 Å². The Morgan fingerprint density at radius 2 is 1.85 bits per heavy atom. The molecular formula is C24H36O3. The van der Waals surface area contributed by atoms with Crippen molar-refractivity contribution in [1.29, 1.82) is 0 Å². The van der Waals surface area contributed by atoms with Gasteiger partial charge in [0.25, 0.3) is 0 Å². The highest BCUT2D eigenvalue weighted by Crippen LogP contribution is 2.66. The van der Waals surface area contributed by atoms with Gasteiger partial charge in [0.05, 0.1) is 6.10 Å². The molecule has 3 heteroatoms. The lowest BCUT2D eigenvalue weighted by Gasteiger charge is -2.59. The van der Waals surface area contributed by atoms with Gasteiger partial charge >= 0.3 is 5.97 Å². The Bertz CT molecular complexity index is 715. The first kappa shape index (κ1) is 19.2. The number of carbonyl (C=O) groups is 1. The van der Waals surface area contributed by atoms with E-state index in [1.807, 2.05) is 0 Å². The van der Waals surface area contributed by atoms with Crippen molar-refractivity contribution in [3.05, 3.63) is 22.8 Å². The summed E-state index contributed by atoms with van der Waals surface area (Å²) in [7, 11) is 0. The second-order valence-electron chi connectivity index (χ2n) is 10.7. The summed E-state index contributed by atoms with van der Waals surface area (Å²) in [6, 6.07) is 0. The summed E-state index contributed by atoms with van der Waals surface area (Å²) in [5.74, 6) is 0.369. The van der Waals surface area contributed by atoms with Gasteiger partial charge in [-0.15, -0.1) is 0 Å². The van der Waals surface area contributed by atoms with Crippen molar-refractivity contribution in [1.82, 2.24) is 0 Å². The van der Waals surface area contributed by atoms with Crippen molar-refractivity contribution in [3.8, 4) is 0 Å². The Morgan fingerprint density at radius 1 is 1.11 bits per heavy atom. The second kappa shape index (κ2) is 6.20. The molecule has 150 valence electrons. The summed E-state index contributed by atoms with van der Waals surface area (Å²) in [4.78, 5) is 11.1. The maximum atomic E-state index is 11.1. The molecule has 0 aromatic rings. The first-order chi connectivity index (χ1) is 12.6. The van der Waals surface area contributed by atoms with E-state index in [1.165, 1.54) is 6.42 Å². The van der Waals surface area contributed by atoms with E-state index in [0.717, 1.165) is 44.9 Å². The third-order valence-electron chi connectivity index (χ3n) is 9.25. The number of hydrogen-bond acceptors (Lipinski definition) is 2. The third-order valence-corrected chi connectivity index (χ3v) is 9.25. The van der Waals surface area contributed by atoms with Crippen LogP contribution in [0, 0.1) is 28.1 Å². The quantitative estimate of drug-likeness (QED) is 0.688. The van der Waals surface area contributed by atoms with E-state index in [0.29, 0.717) is 18.3 Å². The summed E-state index contributed by atoms with van der Waals surface area (Å²) in [6.45, 7) is 9.41. The Hall–Kier alpha value is -1.09. The smallest absolute Gasteiger partial charge is 0.303 e. The average molecular weight is 373 g/mol. The Labute approximate surface area is 163 Å². The number of carboxylic acids is 1. The van der Waals surface area contributed by atoms with Crippen LogP contribution in [0.4, 0.5) is 0 Å². The first-order valence-electron chi connectivity index (χ1n) is 10.9. The lowest BCUT2D eigenvalue weighted by atomic mass is 9.46. The van der Waals surface area contributed by atoms with E-state index in [1.54, 1.807) is 16.7 Å². The number of hydrogen-bond donors (Lipinski definition) is 2. The van der Waals surface area contributed by atoms with E-state index < -0.39 is 5.97 Å². The van der Waals surface area contributed by atoms with Crippen LogP contribution in [0.15, 0.2) is 22.8 Å². The lowest BCUT2D eigenvalue weighted by Crippen LogP contribution is -2.53. The van der Waals surface area contributed by atoms with Crippen LogP contribution in [-0.2, 0) is 4.79 Å². The van der Waals surface area contributed by atoms with Gasteiger partial charge in [-0.3, -0.25) is 4.79 Å². The van der Waals surface area contributed by atoms with Crippen molar-refractivity contribution in [3.63, 3.8) is 0 Å². The maximum Gasteiger partial charge on any atom is 0.303 e. The average Bonchev–Trinajstić information content (AvgIpc) is 2.93. The maximum absolute atomic E-state index is 11.1. The highest BCUT2D eigenvalue weighted by atomic mass is 16.4. The largest absolute Gasteiger partial charge is 0.481 e. The molecule has 1 fully saturated rings. The van der Waals surface area contributed by atoms with Gasteiger partial charge in [-0.25, -0.2) is 0 Å². The molecule has 0 aromatic heterocycles. The highest BCUT2D eigenvalue weighted by Gasteiger charge is 2.57. The van der Waals surface area contributed by atoms with Crippen molar-refractivity contribution in [2.45, 2.75) is 91.6 Å². The van der Waals surface area contributed by atoms with Crippen LogP contribution in [0.25, 0.3) is 0 Å². The summed E-state index contributed by atoms with van der Waals surface area (Å²) < 4.78 is 0. The number of rotatable bonds is 3. The van der Waals surface area contributed by atoms with Gasteiger partial charge in [0.15, 0.2) is 0 Å². The molecule has 1 unspecified atom stereocenters. The molecule has 3 nitrogen and oxygen atoms in total. The molecule has 1 saturated carbocycles. The number of aliphatic hydroxyl groups is 1. The Balaban J connectivity index is 1.67. The molecule has 0 heterocycles. The SMILES string of the molecule is CC1(C)C2CCC3=C(CC[C@@]4(C)C3=CC[C@@H]4CCC(=O)O)[C@@]2(C)CC[C@@H]1O. The van der Waals surface area contributed by atoms with Crippen LogP contribution in [0.2, 0.25) is 0 Å². The van der Waals surface area contributed by atoms with E-state index in [4.69, 9.17) is 5.11 Å². The standard InChI is InChI=1S/C24H36O3/c1-22(2)19-9-7-16-17-8-5-15(6-10-21(26)27)23(17,3)13-11-18(16)24(19,4)14-12-20(22)25/h8,15,19-20,25H,5-7,9-14H2,1-4H3,(H,26,27)/t15-,19?,20+,23-,24-/m1/s1. The highest BCUT2D eigenvalue weighted by molar-refractivity contribution is 5.66. The topological polar surface area (TPSA) is 57.5 Å². The van der Waals surface area contributed by atoms with E-state index in [-0.39, 0.29) is 22.3 Å². The number of fused-ring (bicyclic) bond motifs is 4. The molecule has 2 N–H and O–H groups in total. The summed E-state index contributed by atoms with van der Waals surface area (Å²) in [6.07, 6.45) is 11.0. The van der Waals surface area contributed by atoms with E-state index in [9.17, 15) is 9.90 Å². The van der Waals surface area contributed by atoms with Crippen LogP contribution >= 0.6 is 0 Å². The predicted molar refractivity (Wildman–Crippen MR) is 107 cm³/mol. The third kappa shape index (κ3) is 2.68. The Kier molecular flexibility index (Phi) is 4.42. The molecule has 4 rings (SSSR count). The number of aliphatic hydroxyl groups excluding tert-OH is 1. The molecule has 27 heavy (non-hydrogen) atoms. The van der Waals surface area contributed by atoms with Gasteiger partial charge in [-0.2, -0.15) is 0 Å². The molecule has 4 aliphatic rings.